The zero-order chi connectivity index (χ0) is 17.1. The summed E-state index contributed by atoms with van der Waals surface area (Å²) < 4.78 is 0. The molecule has 0 atom stereocenters. The van der Waals surface area contributed by atoms with E-state index in [9.17, 15) is 0 Å². The second-order valence-electron chi connectivity index (χ2n) is 6.23. The standard InChI is InChI=1S/C20H23N3S/c1-5-17-11-16(19-8-6-7-14(2)20(19)22-17)9-10-23(4)12-18-13-24-15(3)21-18/h5-8,11,13H,1,9-10,12H2,2-4H3. The SMILES string of the molecule is C=Cc1cc(CCN(C)Cc2csc(C)n2)c2cccc(C)c2n1. The Labute approximate surface area is 147 Å². The van der Waals surface area contributed by atoms with Crippen molar-refractivity contribution in [2.45, 2.75) is 26.8 Å². The van der Waals surface area contributed by atoms with Gasteiger partial charge in [0.2, 0.25) is 0 Å². The fourth-order valence-electron chi connectivity index (χ4n) is 2.94. The van der Waals surface area contributed by atoms with Crippen LogP contribution in [0.1, 0.15) is 27.5 Å². The molecular weight excluding hydrogens is 314 g/mol. The largest absolute Gasteiger partial charge is 0.300 e. The number of fused-ring (bicyclic) bond motifs is 1. The van der Waals surface area contributed by atoms with Crippen LogP contribution >= 0.6 is 11.3 Å². The molecule has 0 saturated carbocycles. The highest BCUT2D eigenvalue weighted by Crippen LogP contribution is 2.23. The van der Waals surface area contributed by atoms with E-state index in [0.29, 0.717) is 0 Å². The fraction of sp³-hybridized carbons (Fsp3) is 0.300. The molecule has 0 spiro atoms. The van der Waals surface area contributed by atoms with Gasteiger partial charge in [-0.3, -0.25) is 0 Å². The number of pyridine rings is 1. The summed E-state index contributed by atoms with van der Waals surface area (Å²) in [7, 11) is 2.15. The molecule has 0 amide bonds. The Balaban J connectivity index is 1.79. The zero-order valence-corrected chi connectivity index (χ0v) is 15.4. The number of para-hydroxylation sites is 1. The first-order valence-corrected chi connectivity index (χ1v) is 9.06. The van der Waals surface area contributed by atoms with Gasteiger partial charge >= 0.3 is 0 Å². The highest BCUT2D eigenvalue weighted by atomic mass is 32.1. The van der Waals surface area contributed by atoms with Gasteiger partial charge in [0.1, 0.15) is 0 Å². The average molecular weight is 337 g/mol. The summed E-state index contributed by atoms with van der Waals surface area (Å²) in [5, 5.41) is 4.52. The first-order chi connectivity index (χ1) is 11.6. The van der Waals surface area contributed by atoms with Gasteiger partial charge in [-0.05, 0) is 50.6 Å². The maximum Gasteiger partial charge on any atom is 0.0897 e. The second-order valence-corrected chi connectivity index (χ2v) is 7.29. The molecule has 2 aromatic heterocycles. The van der Waals surface area contributed by atoms with Crippen molar-refractivity contribution in [2.75, 3.05) is 13.6 Å². The Kier molecular flexibility index (Phi) is 5.07. The van der Waals surface area contributed by atoms with Crippen molar-refractivity contribution in [1.82, 2.24) is 14.9 Å². The van der Waals surface area contributed by atoms with Crippen molar-refractivity contribution >= 4 is 28.3 Å². The number of rotatable bonds is 6. The maximum absolute atomic E-state index is 4.71. The minimum Gasteiger partial charge on any atom is -0.300 e. The lowest BCUT2D eigenvalue weighted by Crippen LogP contribution is -2.21. The smallest absolute Gasteiger partial charge is 0.0897 e. The topological polar surface area (TPSA) is 29.0 Å². The van der Waals surface area contributed by atoms with Gasteiger partial charge in [-0.25, -0.2) is 9.97 Å². The predicted molar refractivity (Wildman–Crippen MR) is 103 cm³/mol. The summed E-state index contributed by atoms with van der Waals surface area (Å²) in [6.45, 7) is 9.92. The lowest BCUT2D eigenvalue weighted by atomic mass is 10.0. The van der Waals surface area contributed by atoms with E-state index in [4.69, 9.17) is 4.98 Å². The molecule has 0 unspecified atom stereocenters. The molecule has 0 fully saturated rings. The Hall–Kier alpha value is -2.04. The molecule has 1 aromatic carbocycles. The predicted octanol–water partition coefficient (Wildman–Crippen LogP) is 4.63. The van der Waals surface area contributed by atoms with E-state index in [0.717, 1.165) is 41.4 Å². The van der Waals surface area contributed by atoms with Crippen molar-refractivity contribution in [2.24, 2.45) is 0 Å². The van der Waals surface area contributed by atoms with E-state index in [1.54, 1.807) is 11.3 Å². The van der Waals surface area contributed by atoms with E-state index >= 15 is 0 Å². The number of aromatic nitrogens is 2. The normalized spacial score (nSPS) is 11.3. The van der Waals surface area contributed by atoms with E-state index in [1.807, 2.05) is 6.08 Å². The minimum absolute atomic E-state index is 0.890. The fourth-order valence-corrected chi connectivity index (χ4v) is 3.55. The van der Waals surface area contributed by atoms with E-state index in [2.05, 4.69) is 67.0 Å². The number of benzene rings is 1. The first kappa shape index (κ1) is 16.8. The van der Waals surface area contributed by atoms with Gasteiger partial charge in [-0.2, -0.15) is 0 Å². The summed E-state index contributed by atoms with van der Waals surface area (Å²) in [5.74, 6) is 0. The zero-order valence-electron chi connectivity index (χ0n) is 14.5. The lowest BCUT2D eigenvalue weighted by molar-refractivity contribution is 0.328. The van der Waals surface area contributed by atoms with Crippen molar-refractivity contribution < 1.29 is 0 Å². The van der Waals surface area contributed by atoms with Crippen LogP contribution in [-0.2, 0) is 13.0 Å². The number of aryl methyl sites for hydroxylation is 2. The number of nitrogens with zero attached hydrogens (tertiary/aromatic N) is 3. The molecule has 2 heterocycles. The molecule has 24 heavy (non-hydrogen) atoms. The van der Waals surface area contributed by atoms with Crippen molar-refractivity contribution in [3.63, 3.8) is 0 Å². The highest BCUT2D eigenvalue weighted by Gasteiger charge is 2.09. The Morgan fingerprint density at radius 1 is 1.25 bits per heavy atom. The molecule has 3 nitrogen and oxygen atoms in total. The van der Waals surface area contributed by atoms with E-state index in [-0.39, 0.29) is 0 Å². The molecule has 0 bridgehead atoms. The summed E-state index contributed by atoms with van der Waals surface area (Å²) in [6.07, 6.45) is 2.82. The molecular formula is C20H23N3S. The number of thiazole rings is 1. The number of hydrogen-bond donors (Lipinski definition) is 0. The third-order valence-electron chi connectivity index (χ3n) is 4.22. The molecule has 0 aliphatic rings. The molecule has 124 valence electrons. The molecule has 0 aliphatic heterocycles. The van der Waals surface area contributed by atoms with Gasteiger partial charge in [-0.15, -0.1) is 11.3 Å². The van der Waals surface area contributed by atoms with Crippen LogP contribution in [0.25, 0.3) is 17.0 Å². The van der Waals surface area contributed by atoms with Crippen molar-refractivity contribution in [3.8, 4) is 0 Å². The van der Waals surface area contributed by atoms with Crippen LogP contribution in [0.4, 0.5) is 0 Å². The molecule has 3 aromatic rings. The molecule has 3 rings (SSSR count). The third-order valence-corrected chi connectivity index (χ3v) is 5.04. The maximum atomic E-state index is 4.71. The first-order valence-electron chi connectivity index (χ1n) is 8.18. The number of hydrogen-bond acceptors (Lipinski definition) is 4. The van der Waals surface area contributed by atoms with Crippen molar-refractivity contribution in [3.05, 3.63) is 63.7 Å². The van der Waals surface area contributed by atoms with Crippen molar-refractivity contribution in [1.29, 1.82) is 0 Å². The quantitative estimate of drug-likeness (QED) is 0.657. The highest BCUT2D eigenvalue weighted by molar-refractivity contribution is 7.09. The van der Waals surface area contributed by atoms with Crippen LogP contribution in [-0.4, -0.2) is 28.5 Å². The van der Waals surface area contributed by atoms with Gasteiger partial charge in [0.05, 0.1) is 21.9 Å². The van der Waals surface area contributed by atoms with Crippen LogP contribution in [0.15, 0.2) is 36.2 Å². The Bertz CT molecular complexity index is 866. The van der Waals surface area contributed by atoms with Gasteiger partial charge < -0.3 is 4.90 Å². The van der Waals surface area contributed by atoms with Gasteiger partial charge in [0, 0.05) is 23.9 Å². The van der Waals surface area contributed by atoms with Gasteiger partial charge in [-0.1, -0.05) is 24.8 Å². The molecule has 0 aliphatic carbocycles. The van der Waals surface area contributed by atoms with E-state index < -0.39 is 0 Å². The summed E-state index contributed by atoms with van der Waals surface area (Å²) in [6, 6.07) is 8.55. The van der Waals surface area contributed by atoms with Crippen LogP contribution < -0.4 is 0 Å². The number of likely N-dealkylation sites (N-methyl/N-ethyl adjacent to an activating group) is 1. The van der Waals surface area contributed by atoms with Crippen LogP contribution in [0.3, 0.4) is 0 Å². The summed E-state index contributed by atoms with van der Waals surface area (Å²) >= 11 is 1.71. The molecule has 0 saturated heterocycles. The minimum atomic E-state index is 0.890. The molecule has 0 N–H and O–H groups in total. The summed E-state index contributed by atoms with van der Waals surface area (Å²) in [5.41, 5.74) is 5.73. The van der Waals surface area contributed by atoms with Crippen LogP contribution in [0.5, 0.6) is 0 Å². The third kappa shape index (κ3) is 3.71. The average Bonchev–Trinajstić information content (AvgIpc) is 2.98. The second kappa shape index (κ2) is 7.24. The van der Waals surface area contributed by atoms with E-state index in [1.165, 1.54) is 16.5 Å². The molecule has 0 radical (unpaired) electrons. The Morgan fingerprint density at radius 2 is 2.08 bits per heavy atom. The monoisotopic (exact) mass is 337 g/mol. The lowest BCUT2D eigenvalue weighted by Gasteiger charge is -2.16. The van der Waals surface area contributed by atoms with Crippen LogP contribution in [0, 0.1) is 13.8 Å². The molecule has 4 heteroatoms. The van der Waals surface area contributed by atoms with Crippen LogP contribution in [0.2, 0.25) is 0 Å². The summed E-state index contributed by atoms with van der Waals surface area (Å²) in [4.78, 5) is 11.6. The van der Waals surface area contributed by atoms with Gasteiger partial charge in [0.25, 0.3) is 0 Å². The Morgan fingerprint density at radius 3 is 2.79 bits per heavy atom. The van der Waals surface area contributed by atoms with Gasteiger partial charge in [0.15, 0.2) is 0 Å².